The minimum Gasteiger partial charge on any atom is -0.362 e. The molecule has 5 nitrogen and oxygen atoms in total. The number of amides is 1. The molecule has 4 rings (SSSR count). The Bertz CT molecular complexity index is 1100. The monoisotopic (exact) mass is 538 g/mol. The van der Waals surface area contributed by atoms with Crippen molar-refractivity contribution in [1.29, 1.82) is 0 Å². The average Bonchev–Trinajstić information content (AvgIpc) is 3.32. The molecule has 3 heterocycles. The van der Waals surface area contributed by atoms with Gasteiger partial charge in [-0.3, -0.25) is 4.79 Å². The minimum atomic E-state index is -4.54. The third-order valence-corrected chi connectivity index (χ3v) is 6.88. The lowest BCUT2D eigenvalue weighted by molar-refractivity contribution is -0.173. The van der Waals surface area contributed by atoms with Crippen LogP contribution in [0.2, 0.25) is 10.0 Å². The number of alkyl halides is 3. The highest BCUT2D eigenvalue weighted by Crippen LogP contribution is 2.47. The van der Waals surface area contributed by atoms with Crippen molar-refractivity contribution in [2.75, 3.05) is 10.6 Å². The number of anilines is 2. The van der Waals surface area contributed by atoms with E-state index in [1.165, 1.54) is 23.5 Å². The lowest BCUT2D eigenvalue weighted by Crippen LogP contribution is -2.35. The third kappa shape index (κ3) is 4.05. The van der Waals surface area contributed by atoms with Gasteiger partial charge < -0.3 is 10.6 Å². The van der Waals surface area contributed by atoms with Crippen LogP contribution in [0.5, 0.6) is 0 Å². The Kier molecular flexibility index (Phi) is 5.78. The molecular formula is C18H12BrCl2F3N4OS. The van der Waals surface area contributed by atoms with Crippen LogP contribution in [0.15, 0.2) is 40.2 Å². The summed E-state index contributed by atoms with van der Waals surface area (Å²) in [6.45, 7) is 0. The molecule has 0 fully saturated rings. The van der Waals surface area contributed by atoms with E-state index in [2.05, 4.69) is 31.7 Å². The van der Waals surface area contributed by atoms with Crippen LogP contribution in [-0.2, 0) is 0 Å². The van der Waals surface area contributed by atoms with Gasteiger partial charge >= 0.3 is 6.18 Å². The molecule has 0 radical (unpaired) electrons. The molecule has 0 bridgehead atoms. The van der Waals surface area contributed by atoms with E-state index in [4.69, 9.17) is 23.2 Å². The van der Waals surface area contributed by atoms with Crippen LogP contribution in [-0.4, -0.2) is 21.9 Å². The van der Waals surface area contributed by atoms with Gasteiger partial charge in [0.05, 0.1) is 21.2 Å². The summed E-state index contributed by atoms with van der Waals surface area (Å²) >= 11 is 16.6. The largest absolute Gasteiger partial charge is 0.410 e. The molecule has 12 heteroatoms. The fourth-order valence-electron chi connectivity index (χ4n) is 3.19. The van der Waals surface area contributed by atoms with Gasteiger partial charge in [0, 0.05) is 16.3 Å². The molecular weight excluding hydrogens is 528 g/mol. The SMILES string of the molecule is O=C(Nc1cc(Cl)ccc1Cl)c1nn2c(c1Br)N[C@@H](c1cccs1)C[C@H]2C(F)(F)F. The maximum absolute atomic E-state index is 13.8. The summed E-state index contributed by atoms with van der Waals surface area (Å²) in [5, 5.41) is 11.9. The maximum Gasteiger partial charge on any atom is 0.410 e. The van der Waals surface area contributed by atoms with E-state index in [1.807, 2.05) is 0 Å². The van der Waals surface area contributed by atoms with E-state index in [0.29, 0.717) is 5.02 Å². The first-order valence-electron chi connectivity index (χ1n) is 8.56. The van der Waals surface area contributed by atoms with E-state index in [1.54, 1.807) is 23.6 Å². The van der Waals surface area contributed by atoms with Crippen molar-refractivity contribution in [3.8, 4) is 0 Å². The number of carbonyl (C=O) groups excluding carboxylic acids is 1. The molecule has 158 valence electrons. The summed E-state index contributed by atoms with van der Waals surface area (Å²) in [6, 6.07) is 5.59. The Hall–Kier alpha value is -1.75. The summed E-state index contributed by atoms with van der Waals surface area (Å²) in [7, 11) is 0. The van der Waals surface area contributed by atoms with E-state index in [-0.39, 0.29) is 33.1 Å². The molecule has 3 aromatic rings. The topological polar surface area (TPSA) is 59.0 Å². The summed E-state index contributed by atoms with van der Waals surface area (Å²) in [4.78, 5) is 13.5. The average molecular weight is 540 g/mol. The van der Waals surface area contributed by atoms with Gasteiger partial charge in [-0.25, -0.2) is 4.68 Å². The number of halogens is 6. The summed E-state index contributed by atoms with van der Waals surface area (Å²) in [5.41, 5.74) is 0.0263. The smallest absolute Gasteiger partial charge is 0.362 e. The number of rotatable bonds is 3. The highest BCUT2D eigenvalue weighted by atomic mass is 79.9. The van der Waals surface area contributed by atoms with Crippen molar-refractivity contribution in [2.45, 2.75) is 24.7 Å². The number of fused-ring (bicyclic) bond motifs is 1. The first kappa shape index (κ1) is 21.5. The van der Waals surface area contributed by atoms with Crippen molar-refractivity contribution in [1.82, 2.24) is 9.78 Å². The van der Waals surface area contributed by atoms with Crippen molar-refractivity contribution in [3.05, 3.63) is 60.8 Å². The molecule has 2 N–H and O–H groups in total. The molecule has 2 aromatic heterocycles. The normalized spacial score (nSPS) is 18.6. The zero-order valence-electron chi connectivity index (χ0n) is 14.8. The molecule has 0 aliphatic carbocycles. The van der Waals surface area contributed by atoms with Gasteiger partial charge in [0.15, 0.2) is 11.7 Å². The standard InChI is InChI=1S/C18H12BrCl2F3N4OS/c19-14-15(17(29)26-10-6-8(20)3-4-9(10)21)27-28-13(18(22,23)24)7-11(25-16(14)28)12-2-1-5-30-12/h1-6,11,13,25H,7H2,(H,26,29)/t11-,13+/m1/s1. The molecule has 0 saturated heterocycles. The fraction of sp³-hybridized carbons (Fsp3) is 0.222. The highest BCUT2D eigenvalue weighted by molar-refractivity contribution is 9.10. The molecule has 0 saturated carbocycles. The second-order valence-corrected chi connectivity index (χ2v) is 9.16. The van der Waals surface area contributed by atoms with Crippen LogP contribution in [0.4, 0.5) is 24.7 Å². The van der Waals surface area contributed by atoms with Gasteiger partial charge in [-0.05, 0) is 45.6 Å². The Morgan fingerprint density at radius 1 is 1.33 bits per heavy atom. The Morgan fingerprint density at radius 3 is 2.77 bits per heavy atom. The predicted molar refractivity (Wildman–Crippen MR) is 115 cm³/mol. The fourth-order valence-corrected chi connectivity index (χ4v) is 4.87. The number of nitrogens with one attached hydrogen (secondary N) is 2. The lowest BCUT2D eigenvalue weighted by Gasteiger charge is -2.33. The minimum absolute atomic E-state index is 0.0873. The number of nitrogens with zero attached hydrogens (tertiary/aromatic N) is 2. The Labute approximate surface area is 191 Å². The second kappa shape index (κ2) is 8.07. The molecule has 0 spiro atoms. The first-order valence-corrected chi connectivity index (χ1v) is 11.0. The molecule has 30 heavy (non-hydrogen) atoms. The molecule has 1 aliphatic rings. The summed E-state index contributed by atoms with van der Waals surface area (Å²) in [5.74, 6) is -0.632. The maximum atomic E-state index is 13.8. The summed E-state index contributed by atoms with van der Waals surface area (Å²) < 4.78 is 42.3. The van der Waals surface area contributed by atoms with Crippen molar-refractivity contribution >= 4 is 67.9 Å². The van der Waals surface area contributed by atoms with Gasteiger partial charge in [-0.1, -0.05) is 29.3 Å². The molecule has 1 aromatic carbocycles. The molecule has 1 amide bonds. The zero-order chi connectivity index (χ0) is 21.6. The van der Waals surface area contributed by atoms with Gasteiger partial charge in [0.25, 0.3) is 5.91 Å². The number of thiophene rings is 1. The van der Waals surface area contributed by atoms with Crippen molar-refractivity contribution in [2.24, 2.45) is 0 Å². The van der Waals surface area contributed by atoms with Crippen LogP contribution in [0.3, 0.4) is 0 Å². The molecule has 0 unspecified atom stereocenters. The van der Waals surface area contributed by atoms with E-state index >= 15 is 0 Å². The lowest BCUT2D eigenvalue weighted by atomic mass is 10.0. The van der Waals surface area contributed by atoms with Crippen LogP contribution >= 0.6 is 50.5 Å². The van der Waals surface area contributed by atoms with E-state index < -0.39 is 24.2 Å². The van der Waals surface area contributed by atoms with E-state index in [9.17, 15) is 18.0 Å². The predicted octanol–water partition coefficient (Wildman–Crippen LogP) is 6.93. The third-order valence-electron chi connectivity index (χ3n) is 4.57. The van der Waals surface area contributed by atoms with Crippen molar-refractivity contribution in [3.63, 3.8) is 0 Å². The highest BCUT2D eigenvalue weighted by Gasteiger charge is 2.48. The van der Waals surface area contributed by atoms with Gasteiger partial charge in [-0.2, -0.15) is 18.3 Å². The van der Waals surface area contributed by atoms with Gasteiger partial charge in [0.2, 0.25) is 0 Å². The Morgan fingerprint density at radius 2 is 2.10 bits per heavy atom. The second-order valence-electron chi connectivity index (χ2n) is 6.54. The molecule has 1 aliphatic heterocycles. The zero-order valence-corrected chi connectivity index (χ0v) is 18.7. The Balaban J connectivity index is 1.71. The number of benzene rings is 1. The number of hydrogen-bond donors (Lipinski definition) is 2. The first-order chi connectivity index (χ1) is 14.1. The number of hydrogen-bond acceptors (Lipinski definition) is 4. The quantitative estimate of drug-likeness (QED) is 0.379. The number of aromatic nitrogens is 2. The molecule has 2 atom stereocenters. The van der Waals surface area contributed by atoms with Crippen molar-refractivity contribution < 1.29 is 18.0 Å². The van der Waals surface area contributed by atoms with Crippen LogP contribution in [0.1, 0.15) is 33.9 Å². The summed E-state index contributed by atoms with van der Waals surface area (Å²) in [6.07, 6.45) is -4.78. The van der Waals surface area contributed by atoms with Crippen LogP contribution in [0, 0.1) is 0 Å². The van der Waals surface area contributed by atoms with Crippen LogP contribution in [0.25, 0.3) is 0 Å². The number of carbonyl (C=O) groups is 1. The van der Waals surface area contributed by atoms with E-state index in [0.717, 1.165) is 9.56 Å². The van der Waals surface area contributed by atoms with Gasteiger partial charge in [-0.15, -0.1) is 11.3 Å². The van der Waals surface area contributed by atoms with Gasteiger partial charge in [0.1, 0.15) is 5.82 Å². The van der Waals surface area contributed by atoms with Crippen LogP contribution < -0.4 is 10.6 Å².